The minimum absolute atomic E-state index is 0.332. The quantitative estimate of drug-likeness (QED) is 0.837. The molecule has 0 N–H and O–H groups in total. The van der Waals surface area contributed by atoms with Crippen LogP contribution in [0.2, 0.25) is 0 Å². The van der Waals surface area contributed by atoms with Crippen LogP contribution in [0, 0.1) is 5.92 Å². The summed E-state index contributed by atoms with van der Waals surface area (Å²) in [6.45, 7) is 1.61. The Balaban J connectivity index is 1.62. The van der Waals surface area contributed by atoms with E-state index in [0.29, 0.717) is 36.8 Å². The predicted molar refractivity (Wildman–Crippen MR) is 71.8 cm³/mol. The zero-order valence-corrected chi connectivity index (χ0v) is 11.1. The highest BCUT2D eigenvalue weighted by Crippen LogP contribution is 2.31. The standard InChI is InChI=1S/C15H20N2O2/c18-15-8-7-12(13-5-2-4-10-17(13)15)11-19-14-6-1-3-9-16-14/h1,3,6,9,12-13H,2,4-5,7-8,10-11H2/t12-,13+/m0/s1. The van der Waals surface area contributed by atoms with Gasteiger partial charge in [-0.15, -0.1) is 0 Å². The van der Waals surface area contributed by atoms with Gasteiger partial charge >= 0.3 is 0 Å². The molecule has 1 aromatic rings. The van der Waals surface area contributed by atoms with Gasteiger partial charge in [0.15, 0.2) is 0 Å². The van der Waals surface area contributed by atoms with Crippen molar-refractivity contribution in [3.63, 3.8) is 0 Å². The van der Waals surface area contributed by atoms with Crippen LogP contribution >= 0.6 is 0 Å². The number of carbonyl (C=O) groups excluding carboxylic acids is 1. The molecule has 1 aromatic heterocycles. The van der Waals surface area contributed by atoms with Crippen molar-refractivity contribution in [2.24, 2.45) is 5.92 Å². The largest absolute Gasteiger partial charge is 0.477 e. The SMILES string of the molecule is O=C1CC[C@@H](COc2ccccn2)[C@H]2CCCCN12. The van der Waals surface area contributed by atoms with Gasteiger partial charge in [0.05, 0.1) is 6.61 Å². The lowest BCUT2D eigenvalue weighted by atomic mass is 9.84. The molecule has 0 aliphatic carbocycles. The Kier molecular flexibility index (Phi) is 3.67. The molecular weight excluding hydrogens is 240 g/mol. The number of aromatic nitrogens is 1. The van der Waals surface area contributed by atoms with Crippen molar-refractivity contribution < 1.29 is 9.53 Å². The first-order chi connectivity index (χ1) is 9.34. The molecule has 2 atom stereocenters. The number of hydrogen-bond acceptors (Lipinski definition) is 3. The number of pyridine rings is 1. The highest BCUT2D eigenvalue weighted by molar-refractivity contribution is 5.77. The molecule has 0 unspecified atom stereocenters. The Morgan fingerprint density at radius 1 is 1.32 bits per heavy atom. The summed E-state index contributed by atoms with van der Waals surface area (Å²) in [5, 5.41) is 0. The van der Waals surface area contributed by atoms with Crippen LogP contribution in [0.5, 0.6) is 5.88 Å². The highest BCUT2D eigenvalue weighted by atomic mass is 16.5. The van der Waals surface area contributed by atoms with Crippen LogP contribution in [0.15, 0.2) is 24.4 Å². The second-order valence-corrected chi connectivity index (χ2v) is 5.43. The summed E-state index contributed by atoms with van der Waals surface area (Å²) in [4.78, 5) is 18.2. The number of amides is 1. The van der Waals surface area contributed by atoms with Crippen LogP contribution in [0.4, 0.5) is 0 Å². The number of piperidine rings is 2. The lowest BCUT2D eigenvalue weighted by Gasteiger charge is -2.43. The smallest absolute Gasteiger partial charge is 0.222 e. The van der Waals surface area contributed by atoms with Crippen LogP contribution in [0.3, 0.4) is 0 Å². The van der Waals surface area contributed by atoms with Gasteiger partial charge in [0, 0.05) is 37.2 Å². The second kappa shape index (κ2) is 5.59. The fraction of sp³-hybridized carbons (Fsp3) is 0.600. The molecule has 4 nitrogen and oxygen atoms in total. The summed E-state index contributed by atoms with van der Waals surface area (Å²) in [6, 6.07) is 6.08. The third-order valence-electron chi connectivity index (χ3n) is 4.23. The van der Waals surface area contributed by atoms with Crippen LogP contribution in [-0.4, -0.2) is 35.0 Å². The molecular formula is C15H20N2O2. The molecule has 3 rings (SSSR count). The Morgan fingerprint density at radius 3 is 3.11 bits per heavy atom. The van der Waals surface area contributed by atoms with Gasteiger partial charge in [-0.3, -0.25) is 4.79 Å². The molecule has 19 heavy (non-hydrogen) atoms. The van der Waals surface area contributed by atoms with E-state index in [0.717, 1.165) is 25.8 Å². The molecule has 0 radical (unpaired) electrons. The first-order valence-electron chi connectivity index (χ1n) is 7.18. The predicted octanol–water partition coefficient (Wildman–Crippen LogP) is 2.25. The van der Waals surface area contributed by atoms with Crippen molar-refractivity contribution in [1.29, 1.82) is 0 Å². The van der Waals surface area contributed by atoms with E-state index in [2.05, 4.69) is 9.88 Å². The Bertz CT molecular complexity index is 435. The Labute approximate surface area is 113 Å². The van der Waals surface area contributed by atoms with Crippen molar-refractivity contribution in [1.82, 2.24) is 9.88 Å². The number of rotatable bonds is 3. The van der Waals surface area contributed by atoms with Gasteiger partial charge in [-0.25, -0.2) is 4.98 Å². The summed E-state index contributed by atoms with van der Waals surface area (Å²) in [7, 11) is 0. The van der Waals surface area contributed by atoms with E-state index in [9.17, 15) is 4.79 Å². The molecule has 2 aliphatic rings. The summed E-state index contributed by atoms with van der Waals surface area (Å²) >= 11 is 0. The molecule has 3 heterocycles. The monoisotopic (exact) mass is 260 g/mol. The molecule has 0 aromatic carbocycles. The number of hydrogen-bond donors (Lipinski definition) is 0. The molecule has 2 saturated heterocycles. The lowest BCUT2D eigenvalue weighted by Crippen LogP contribution is -2.52. The lowest BCUT2D eigenvalue weighted by molar-refractivity contribution is -0.141. The molecule has 0 spiro atoms. The van der Waals surface area contributed by atoms with Gasteiger partial charge in [-0.05, 0) is 31.7 Å². The van der Waals surface area contributed by atoms with E-state index >= 15 is 0 Å². The number of ether oxygens (including phenoxy) is 1. The van der Waals surface area contributed by atoms with E-state index < -0.39 is 0 Å². The van der Waals surface area contributed by atoms with Gasteiger partial charge in [0.1, 0.15) is 0 Å². The van der Waals surface area contributed by atoms with Crippen molar-refractivity contribution in [2.75, 3.05) is 13.2 Å². The van der Waals surface area contributed by atoms with Crippen LogP contribution in [-0.2, 0) is 4.79 Å². The van der Waals surface area contributed by atoms with E-state index in [1.807, 2.05) is 18.2 Å². The first-order valence-corrected chi connectivity index (χ1v) is 7.18. The van der Waals surface area contributed by atoms with Crippen LogP contribution in [0.1, 0.15) is 32.1 Å². The maximum Gasteiger partial charge on any atom is 0.222 e. The first kappa shape index (κ1) is 12.5. The molecule has 4 heteroatoms. The third kappa shape index (κ3) is 2.72. The average molecular weight is 260 g/mol. The molecule has 0 bridgehead atoms. The zero-order chi connectivity index (χ0) is 13.1. The maximum atomic E-state index is 11.9. The molecule has 2 fully saturated rings. The fourth-order valence-corrected chi connectivity index (χ4v) is 3.22. The molecule has 0 saturated carbocycles. The third-order valence-corrected chi connectivity index (χ3v) is 4.23. The maximum absolute atomic E-state index is 11.9. The van der Waals surface area contributed by atoms with Crippen LogP contribution in [0.25, 0.3) is 0 Å². The zero-order valence-electron chi connectivity index (χ0n) is 11.1. The van der Waals surface area contributed by atoms with E-state index in [1.165, 1.54) is 6.42 Å². The van der Waals surface area contributed by atoms with E-state index in [1.54, 1.807) is 6.20 Å². The Hall–Kier alpha value is -1.58. The average Bonchev–Trinajstić information content (AvgIpc) is 2.48. The minimum atomic E-state index is 0.332. The van der Waals surface area contributed by atoms with Gasteiger partial charge in [-0.1, -0.05) is 6.07 Å². The number of nitrogens with zero attached hydrogens (tertiary/aromatic N) is 2. The van der Waals surface area contributed by atoms with Crippen molar-refractivity contribution >= 4 is 5.91 Å². The summed E-state index contributed by atoms with van der Waals surface area (Å²) in [5.74, 6) is 1.47. The highest BCUT2D eigenvalue weighted by Gasteiger charge is 2.37. The molecule has 2 aliphatic heterocycles. The van der Waals surface area contributed by atoms with Crippen molar-refractivity contribution in [3.05, 3.63) is 24.4 Å². The summed E-state index contributed by atoms with van der Waals surface area (Å²) in [5.41, 5.74) is 0. The molecule has 1 amide bonds. The van der Waals surface area contributed by atoms with E-state index in [-0.39, 0.29) is 0 Å². The van der Waals surface area contributed by atoms with Gasteiger partial charge in [0.25, 0.3) is 0 Å². The summed E-state index contributed by atoms with van der Waals surface area (Å²) in [6.07, 6.45) is 6.87. The van der Waals surface area contributed by atoms with Crippen LogP contribution < -0.4 is 4.74 Å². The summed E-state index contributed by atoms with van der Waals surface area (Å²) < 4.78 is 5.78. The van der Waals surface area contributed by atoms with Crippen molar-refractivity contribution in [2.45, 2.75) is 38.1 Å². The number of fused-ring (bicyclic) bond motifs is 1. The topological polar surface area (TPSA) is 42.4 Å². The normalized spacial score (nSPS) is 26.9. The minimum Gasteiger partial charge on any atom is -0.477 e. The second-order valence-electron chi connectivity index (χ2n) is 5.43. The van der Waals surface area contributed by atoms with E-state index in [4.69, 9.17) is 4.74 Å². The number of carbonyl (C=O) groups is 1. The van der Waals surface area contributed by atoms with Gasteiger partial charge in [0.2, 0.25) is 11.8 Å². The van der Waals surface area contributed by atoms with Crippen molar-refractivity contribution in [3.8, 4) is 5.88 Å². The molecule has 102 valence electrons. The van der Waals surface area contributed by atoms with Gasteiger partial charge < -0.3 is 9.64 Å². The fourth-order valence-electron chi connectivity index (χ4n) is 3.22. The Morgan fingerprint density at radius 2 is 2.26 bits per heavy atom. The van der Waals surface area contributed by atoms with Gasteiger partial charge in [-0.2, -0.15) is 0 Å².